The van der Waals surface area contributed by atoms with E-state index in [1.54, 1.807) is 3.93 Å². The summed E-state index contributed by atoms with van der Waals surface area (Å²) in [5.41, 5.74) is 0. The van der Waals surface area contributed by atoms with E-state index in [4.69, 9.17) is 0 Å². The fraction of sp³-hybridized carbons (Fsp3) is 0.667. The maximum atomic E-state index is 10.6. The Kier molecular flexibility index (Phi) is 1.89. The number of rotatable bonds is 0. The molecular formula is C3H4Br2N2O. The van der Waals surface area contributed by atoms with E-state index >= 15 is 0 Å². The number of halogens is 2. The molecule has 0 N–H and O–H groups in total. The number of hydrogen-bond acceptors (Lipinski definition) is 2. The van der Waals surface area contributed by atoms with Crippen LogP contribution < -0.4 is 0 Å². The second-order valence-electron chi connectivity index (χ2n) is 1.52. The van der Waals surface area contributed by atoms with Crippen molar-refractivity contribution in [1.29, 1.82) is 0 Å². The van der Waals surface area contributed by atoms with E-state index in [-0.39, 0.29) is 5.91 Å². The van der Waals surface area contributed by atoms with Crippen molar-refractivity contribution in [3.8, 4) is 0 Å². The number of carbonyl (C=O) groups excluding carboxylic acids is 1. The van der Waals surface area contributed by atoms with Crippen LogP contribution in [0, 0.1) is 0 Å². The summed E-state index contributed by atoms with van der Waals surface area (Å²) >= 11 is 6.22. The summed E-state index contributed by atoms with van der Waals surface area (Å²) in [5.74, 6) is 0.0851. The van der Waals surface area contributed by atoms with Gasteiger partial charge in [0.1, 0.15) is 0 Å². The molecule has 0 spiro atoms. The van der Waals surface area contributed by atoms with Crippen LogP contribution in [-0.4, -0.2) is 27.0 Å². The van der Waals surface area contributed by atoms with Crippen molar-refractivity contribution >= 4 is 38.2 Å². The van der Waals surface area contributed by atoms with Gasteiger partial charge in [-0.05, 0) is 0 Å². The molecular weight excluding hydrogens is 240 g/mol. The molecule has 0 aromatic heterocycles. The Bertz CT molecular complexity index is 118. The van der Waals surface area contributed by atoms with Crippen LogP contribution in [0.5, 0.6) is 0 Å². The average molecular weight is 244 g/mol. The second-order valence-corrected chi connectivity index (χ2v) is 3.38. The number of hydrogen-bond donors (Lipinski definition) is 0. The minimum atomic E-state index is 0.0851. The fourth-order valence-electron chi connectivity index (χ4n) is 0.487. The van der Waals surface area contributed by atoms with Crippen molar-refractivity contribution in [2.75, 3.05) is 13.2 Å². The third kappa shape index (κ3) is 1.21. The predicted molar refractivity (Wildman–Crippen MR) is 36.3 cm³/mol. The molecule has 0 radical (unpaired) electrons. The van der Waals surface area contributed by atoms with Crippen molar-refractivity contribution in [2.45, 2.75) is 0 Å². The second kappa shape index (κ2) is 2.33. The molecule has 0 unspecified atom stereocenters. The van der Waals surface area contributed by atoms with Gasteiger partial charge in [-0.3, -0.25) is 8.72 Å². The maximum Gasteiger partial charge on any atom is 0.248 e. The van der Waals surface area contributed by atoms with E-state index in [1.165, 1.54) is 3.93 Å². The first-order chi connectivity index (χ1) is 3.70. The Labute approximate surface area is 64.3 Å². The molecule has 1 aliphatic heterocycles. The van der Waals surface area contributed by atoms with Crippen molar-refractivity contribution < 1.29 is 4.79 Å². The molecule has 0 aromatic carbocycles. The zero-order chi connectivity index (χ0) is 6.15. The Morgan fingerprint density at radius 2 is 2.12 bits per heavy atom. The van der Waals surface area contributed by atoms with Crippen LogP contribution in [0.3, 0.4) is 0 Å². The summed E-state index contributed by atoms with van der Waals surface area (Å²) in [6, 6.07) is 0. The van der Waals surface area contributed by atoms with Crippen LogP contribution in [0.15, 0.2) is 0 Å². The minimum absolute atomic E-state index is 0.0851. The Balaban J connectivity index is 2.51. The first kappa shape index (κ1) is 6.51. The monoisotopic (exact) mass is 242 g/mol. The highest BCUT2D eigenvalue weighted by Crippen LogP contribution is 2.13. The lowest BCUT2D eigenvalue weighted by Crippen LogP contribution is -2.12. The molecule has 3 nitrogen and oxygen atoms in total. The van der Waals surface area contributed by atoms with Gasteiger partial charge in [-0.2, -0.15) is 0 Å². The van der Waals surface area contributed by atoms with E-state index in [9.17, 15) is 4.79 Å². The summed E-state index contributed by atoms with van der Waals surface area (Å²) in [6.45, 7) is 1.06. The highest BCUT2D eigenvalue weighted by Gasteiger charge is 2.23. The van der Waals surface area contributed by atoms with Crippen LogP contribution in [-0.2, 0) is 4.79 Å². The molecule has 1 saturated heterocycles. The summed E-state index contributed by atoms with van der Waals surface area (Å²) < 4.78 is 3.21. The smallest absolute Gasteiger partial charge is 0.248 e. The van der Waals surface area contributed by atoms with Gasteiger partial charge in [-0.1, -0.05) is 0 Å². The van der Waals surface area contributed by atoms with Crippen molar-refractivity contribution in [2.24, 2.45) is 0 Å². The molecule has 0 aliphatic carbocycles. The maximum absolute atomic E-state index is 10.6. The third-order valence-corrected chi connectivity index (χ3v) is 1.95. The van der Waals surface area contributed by atoms with Crippen LogP contribution in [0.1, 0.15) is 0 Å². The molecule has 46 valence electrons. The Hall–Kier alpha value is 0.390. The molecule has 1 fully saturated rings. The van der Waals surface area contributed by atoms with Crippen LogP contribution in [0.2, 0.25) is 0 Å². The van der Waals surface area contributed by atoms with E-state index in [0.29, 0.717) is 13.2 Å². The molecule has 5 heteroatoms. The lowest BCUT2D eigenvalue weighted by molar-refractivity contribution is -0.122. The Morgan fingerprint density at radius 3 is 2.25 bits per heavy atom. The number of amides is 1. The average Bonchev–Trinajstić information content (AvgIpc) is 1.85. The SMILES string of the molecule is O=C1CN(Br)CN1Br. The third-order valence-electron chi connectivity index (χ3n) is 0.855. The van der Waals surface area contributed by atoms with Gasteiger partial charge < -0.3 is 0 Å². The van der Waals surface area contributed by atoms with E-state index in [2.05, 4.69) is 32.3 Å². The molecule has 0 atom stereocenters. The minimum Gasteiger partial charge on any atom is -0.272 e. The number of carbonyl (C=O) groups is 1. The van der Waals surface area contributed by atoms with Gasteiger partial charge in [0.25, 0.3) is 0 Å². The first-order valence-electron chi connectivity index (χ1n) is 2.07. The van der Waals surface area contributed by atoms with E-state index < -0.39 is 0 Å². The van der Waals surface area contributed by atoms with E-state index in [0.717, 1.165) is 0 Å². The van der Waals surface area contributed by atoms with Gasteiger partial charge in [0.05, 0.1) is 29.4 Å². The molecule has 1 amide bonds. The van der Waals surface area contributed by atoms with Crippen LogP contribution in [0.25, 0.3) is 0 Å². The number of nitrogens with zero attached hydrogens (tertiary/aromatic N) is 2. The summed E-state index contributed by atoms with van der Waals surface area (Å²) in [4.78, 5) is 10.6. The van der Waals surface area contributed by atoms with Gasteiger partial charge in [0.2, 0.25) is 5.91 Å². The summed E-state index contributed by atoms with van der Waals surface area (Å²) in [6.07, 6.45) is 0. The quantitative estimate of drug-likeness (QED) is 0.586. The molecule has 1 rings (SSSR count). The molecule has 1 heterocycles. The first-order valence-corrected chi connectivity index (χ1v) is 3.49. The fourth-order valence-corrected chi connectivity index (χ4v) is 1.61. The van der Waals surface area contributed by atoms with Crippen LogP contribution >= 0.6 is 32.3 Å². The summed E-state index contributed by atoms with van der Waals surface area (Å²) in [7, 11) is 0. The zero-order valence-corrected chi connectivity index (χ0v) is 7.14. The lowest BCUT2D eigenvalue weighted by atomic mass is 10.7. The zero-order valence-electron chi connectivity index (χ0n) is 3.97. The van der Waals surface area contributed by atoms with Gasteiger partial charge in [-0.15, -0.1) is 0 Å². The topological polar surface area (TPSA) is 23.6 Å². The van der Waals surface area contributed by atoms with Crippen LogP contribution in [0.4, 0.5) is 0 Å². The lowest BCUT2D eigenvalue weighted by Gasteiger charge is -2.01. The standard InChI is InChI=1S/C3H4Br2N2O/c4-6-1-3(8)7(5)2-6/h1-2H2. The molecule has 0 bridgehead atoms. The van der Waals surface area contributed by atoms with Gasteiger partial charge >= 0.3 is 0 Å². The molecule has 8 heavy (non-hydrogen) atoms. The molecule has 0 aromatic rings. The van der Waals surface area contributed by atoms with Gasteiger partial charge in [0.15, 0.2) is 0 Å². The van der Waals surface area contributed by atoms with E-state index in [1.807, 2.05) is 0 Å². The van der Waals surface area contributed by atoms with Crippen molar-refractivity contribution in [1.82, 2.24) is 7.85 Å². The molecule has 1 aliphatic rings. The highest BCUT2D eigenvalue weighted by atomic mass is 79.9. The van der Waals surface area contributed by atoms with Gasteiger partial charge in [0, 0.05) is 16.1 Å². The van der Waals surface area contributed by atoms with Crippen molar-refractivity contribution in [3.63, 3.8) is 0 Å². The normalized spacial score (nSPS) is 22.8. The predicted octanol–water partition coefficient (Wildman–Crippen LogP) is 0.708. The summed E-state index contributed by atoms with van der Waals surface area (Å²) in [5, 5.41) is 0. The largest absolute Gasteiger partial charge is 0.272 e. The molecule has 0 saturated carbocycles. The highest BCUT2D eigenvalue weighted by molar-refractivity contribution is 9.08. The Morgan fingerprint density at radius 1 is 1.50 bits per heavy atom. The van der Waals surface area contributed by atoms with Gasteiger partial charge in [-0.25, -0.2) is 3.93 Å². The van der Waals surface area contributed by atoms with Crippen molar-refractivity contribution in [3.05, 3.63) is 0 Å².